The summed E-state index contributed by atoms with van der Waals surface area (Å²) in [6.07, 6.45) is 21.1. The van der Waals surface area contributed by atoms with Gasteiger partial charge in [-0.25, -0.2) is 4.98 Å². The van der Waals surface area contributed by atoms with E-state index >= 15 is 0 Å². The summed E-state index contributed by atoms with van der Waals surface area (Å²) >= 11 is 0. The van der Waals surface area contributed by atoms with E-state index in [4.69, 9.17) is 30.2 Å². The first kappa shape index (κ1) is 38.4. The molecule has 2 aromatic heterocycles. The lowest BCUT2D eigenvalue weighted by molar-refractivity contribution is -0.00983. The van der Waals surface area contributed by atoms with E-state index in [1.54, 1.807) is 10.9 Å². The van der Waals surface area contributed by atoms with Crippen molar-refractivity contribution in [2.24, 2.45) is 0 Å². The van der Waals surface area contributed by atoms with Crippen LogP contribution < -0.4 is 11.5 Å². The number of nitrogens with zero attached hydrogens (tertiary/aromatic N) is 4. The monoisotopic (exact) mass is 642 g/mol. The van der Waals surface area contributed by atoms with Crippen LogP contribution in [0.25, 0.3) is 11.2 Å². The number of hydrogen-bond acceptors (Lipinski definition) is 10. The zero-order valence-electron chi connectivity index (χ0n) is 27.3. The minimum Gasteiger partial charge on any atom is -0.382 e. The molecule has 0 bridgehead atoms. The number of aromatic nitrogens is 4. The summed E-state index contributed by atoms with van der Waals surface area (Å²) in [6, 6.07) is 0. The van der Waals surface area contributed by atoms with Gasteiger partial charge < -0.3 is 39.7 Å². The quantitative estimate of drug-likeness (QED) is 0.0626. The highest BCUT2D eigenvalue weighted by atomic mass is 31.2. The number of imidazole rings is 1. The lowest BCUT2D eigenvalue weighted by Gasteiger charge is -2.20. The maximum atomic E-state index is 12.5. The summed E-state index contributed by atoms with van der Waals surface area (Å²) in [5, 5.41) is 0. The molecule has 0 amide bonds. The lowest BCUT2D eigenvalue weighted by Crippen LogP contribution is -2.26. The molecule has 12 nitrogen and oxygen atoms in total. The SMILES string of the molecule is CCCCCCCCCCCCCCCCCOCCCOP(=O)(O)COC(COCC)Cn1cnc2c(N)nc(N)nc21. The first-order valence-electron chi connectivity index (χ1n) is 16.8. The largest absolute Gasteiger partial charge is 0.382 e. The number of unbranched alkanes of at least 4 members (excludes halogenated alkanes) is 14. The minimum absolute atomic E-state index is 0.0334. The molecular weight excluding hydrogens is 583 g/mol. The molecule has 0 saturated heterocycles. The summed E-state index contributed by atoms with van der Waals surface area (Å²) in [5.41, 5.74) is 12.5. The van der Waals surface area contributed by atoms with Gasteiger partial charge in [-0.2, -0.15) is 9.97 Å². The molecule has 0 aliphatic carbocycles. The molecule has 2 atom stereocenters. The van der Waals surface area contributed by atoms with Crippen LogP contribution in [0.5, 0.6) is 0 Å². The van der Waals surface area contributed by atoms with E-state index < -0.39 is 20.0 Å². The number of rotatable bonds is 29. The fourth-order valence-corrected chi connectivity index (χ4v) is 5.91. The third-order valence-corrected chi connectivity index (χ3v) is 8.57. The average molecular weight is 643 g/mol. The first-order valence-corrected chi connectivity index (χ1v) is 18.6. The van der Waals surface area contributed by atoms with Crippen LogP contribution >= 0.6 is 7.60 Å². The van der Waals surface area contributed by atoms with Gasteiger partial charge in [0.2, 0.25) is 5.95 Å². The second-order valence-electron chi connectivity index (χ2n) is 11.5. The van der Waals surface area contributed by atoms with E-state index in [2.05, 4.69) is 21.9 Å². The zero-order valence-corrected chi connectivity index (χ0v) is 28.2. The van der Waals surface area contributed by atoms with E-state index in [1.165, 1.54) is 89.9 Å². The Morgan fingerprint density at radius 3 is 2.02 bits per heavy atom. The smallest absolute Gasteiger partial charge is 0.353 e. The van der Waals surface area contributed by atoms with Crippen LogP contribution in [-0.2, 0) is 29.8 Å². The molecule has 0 spiro atoms. The molecule has 0 aliphatic rings. The van der Waals surface area contributed by atoms with Crippen molar-refractivity contribution in [3.8, 4) is 0 Å². The van der Waals surface area contributed by atoms with Crippen LogP contribution in [0.4, 0.5) is 11.8 Å². The molecule has 5 N–H and O–H groups in total. The number of nitrogen functional groups attached to an aromatic ring is 2. The molecule has 0 aliphatic heterocycles. The highest BCUT2D eigenvalue weighted by molar-refractivity contribution is 7.52. The third kappa shape index (κ3) is 17.0. The molecule has 2 unspecified atom stereocenters. The number of ether oxygens (including phenoxy) is 3. The van der Waals surface area contributed by atoms with Crippen LogP contribution in [0.15, 0.2) is 6.33 Å². The summed E-state index contributed by atoms with van der Waals surface area (Å²) in [5.74, 6) is 0.214. The van der Waals surface area contributed by atoms with Gasteiger partial charge >= 0.3 is 7.60 Å². The molecule has 2 rings (SSSR count). The number of anilines is 2. The molecule has 2 heterocycles. The van der Waals surface area contributed by atoms with Crippen molar-refractivity contribution in [1.29, 1.82) is 0 Å². The third-order valence-electron chi connectivity index (χ3n) is 7.51. The average Bonchev–Trinajstić information content (AvgIpc) is 3.40. The van der Waals surface area contributed by atoms with Crippen LogP contribution in [0.3, 0.4) is 0 Å². The van der Waals surface area contributed by atoms with Gasteiger partial charge in [-0.05, 0) is 19.8 Å². The van der Waals surface area contributed by atoms with Crippen molar-refractivity contribution in [1.82, 2.24) is 19.5 Å². The molecule has 44 heavy (non-hydrogen) atoms. The fourth-order valence-electron chi connectivity index (χ4n) is 5.02. The lowest BCUT2D eigenvalue weighted by atomic mass is 10.0. The number of fused-ring (bicyclic) bond motifs is 1. The van der Waals surface area contributed by atoms with E-state index in [0.29, 0.717) is 37.4 Å². The van der Waals surface area contributed by atoms with Gasteiger partial charge in [-0.15, -0.1) is 0 Å². The molecule has 254 valence electrons. The van der Waals surface area contributed by atoms with Gasteiger partial charge in [0.15, 0.2) is 11.5 Å². The Labute approximate surface area is 264 Å². The number of hydrogen-bond donors (Lipinski definition) is 3. The molecular formula is C31H59N6O6P. The predicted molar refractivity (Wildman–Crippen MR) is 177 cm³/mol. The Balaban J connectivity index is 1.48. The van der Waals surface area contributed by atoms with E-state index in [-0.39, 0.29) is 31.5 Å². The Bertz CT molecular complexity index is 1060. The number of nitrogens with two attached hydrogens (primary N) is 2. The van der Waals surface area contributed by atoms with Gasteiger partial charge in [-0.3, -0.25) is 4.57 Å². The van der Waals surface area contributed by atoms with Crippen LogP contribution in [0.1, 0.15) is 117 Å². The van der Waals surface area contributed by atoms with Crippen molar-refractivity contribution < 1.29 is 28.2 Å². The minimum atomic E-state index is -3.95. The van der Waals surface area contributed by atoms with Crippen molar-refractivity contribution >= 4 is 30.5 Å². The van der Waals surface area contributed by atoms with Crippen molar-refractivity contribution in [2.75, 3.05) is 50.8 Å². The van der Waals surface area contributed by atoms with Crippen LogP contribution in [0, 0.1) is 0 Å². The molecule has 2 aromatic rings. The second kappa shape index (κ2) is 23.5. The van der Waals surface area contributed by atoms with E-state index in [0.717, 1.165) is 6.42 Å². The highest BCUT2D eigenvalue weighted by Crippen LogP contribution is 2.42. The Hall–Kier alpha value is -1.82. The highest BCUT2D eigenvalue weighted by Gasteiger charge is 2.24. The van der Waals surface area contributed by atoms with Crippen molar-refractivity contribution in [2.45, 2.75) is 129 Å². The Morgan fingerprint density at radius 1 is 0.818 bits per heavy atom. The van der Waals surface area contributed by atoms with Crippen LogP contribution in [-0.4, -0.2) is 69.9 Å². The standard InChI is InChI=1S/C31H59N6O6P/c1-3-5-6-7-8-9-10-11-12-13-14-15-16-17-18-20-41-21-19-22-43-44(38,39)26-42-27(24-40-4-2)23-37-25-34-28-29(32)35-31(33)36-30(28)37/h25,27H,3-24,26H2,1-2H3,(H,38,39)(H4,32,33,35,36). The normalized spacial score (nSPS) is 13.9. The topological polar surface area (TPSA) is 170 Å². The summed E-state index contributed by atoms with van der Waals surface area (Å²) in [7, 11) is -3.95. The van der Waals surface area contributed by atoms with Crippen molar-refractivity contribution in [3.63, 3.8) is 0 Å². The second-order valence-corrected chi connectivity index (χ2v) is 13.3. The van der Waals surface area contributed by atoms with Gasteiger partial charge in [0.25, 0.3) is 0 Å². The van der Waals surface area contributed by atoms with Gasteiger partial charge in [0.1, 0.15) is 11.9 Å². The van der Waals surface area contributed by atoms with Crippen LogP contribution in [0.2, 0.25) is 0 Å². The van der Waals surface area contributed by atoms with E-state index in [1.807, 2.05) is 6.92 Å². The maximum Gasteiger partial charge on any atom is 0.353 e. The summed E-state index contributed by atoms with van der Waals surface area (Å²) in [4.78, 5) is 22.6. The van der Waals surface area contributed by atoms with Gasteiger partial charge in [0, 0.05) is 19.8 Å². The molecule has 0 radical (unpaired) electrons. The van der Waals surface area contributed by atoms with Gasteiger partial charge in [0.05, 0.1) is 32.2 Å². The molecule has 13 heteroatoms. The zero-order chi connectivity index (χ0) is 31.9. The Morgan fingerprint density at radius 2 is 1.41 bits per heavy atom. The fraction of sp³-hybridized carbons (Fsp3) is 0.839. The summed E-state index contributed by atoms with van der Waals surface area (Å²) in [6.45, 7) is 6.40. The predicted octanol–water partition coefficient (Wildman–Crippen LogP) is 6.85. The summed E-state index contributed by atoms with van der Waals surface area (Å²) < 4.78 is 36.4. The molecule has 0 aromatic carbocycles. The molecule has 0 fully saturated rings. The first-order chi connectivity index (χ1) is 21.4. The van der Waals surface area contributed by atoms with Crippen molar-refractivity contribution in [3.05, 3.63) is 6.33 Å². The molecule has 0 saturated carbocycles. The van der Waals surface area contributed by atoms with E-state index in [9.17, 15) is 9.46 Å². The van der Waals surface area contributed by atoms with Gasteiger partial charge in [-0.1, -0.05) is 96.8 Å². The maximum absolute atomic E-state index is 12.5. The Kier molecular flexibility index (Phi) is 20.5.